The molecule has 0 saturated carbocycles. The molecular weight excluding hydrogens is 1010 g/mol. The number of aliphatic hydroxyl groups excluding tert-OH is 2. The molecule has 20 heteroatoms. The van der Waals surface area contributed by atoms with Crippen LogP contribution in [0, 0.1) is 58.7 Å². The van der Waals surface area contributed by atoms with Gasteiger partial charge in [0.2, 0.25) is 0 Å². The molecule has 2 N–H and O–H groups in total. The number of rotatable bonds is 14. The van der Waals surface area contributed by atoms with Crippen molar-refractivity contribution in [3.05, 3.63) is 11.6 Å². The molecule has 446 valence electrons. The van der Waals surface area contributed by atoms with E-state index >= 15 is 9.59 Å². The Hall–Kier alpha value is -3.33. The second-order valence-corrected chi connectivity index (χ2v) is 24.3. The lowest BCUT2D eigenvalue weighted by atomic mass is 9.68. The summed E-state index contributed by atoms with van der Waals surface area (Å²) >= 11 is 0. The Balaban J connectivity index is 1.71. The Morgan fingerprint density at radius 3 is 2.18 bits per heavy atom. The Kier molecular flexibility index (Phi) is 24.4. The van der Waals surface area contributed by atoms with Gasteiger partial charge in [-0.3, -0.25) is 14.4 Å². The summed E-state index contributed by atoms with van der Waals surface area (Å²) in [4.78, 5) is 63.6. The second-order valence-electron chi connectivity index (χ2n) is 24.3. The number of cyclic esters (lactones) is 1. The summed E-state index contributed by atoms with van der Waals surface area (Å²) in [5.74, 6) is -7.13. The SMILES string of the molecule is CO[C@@H]1[C@H](O)[C@@H](C)OC(OC[C@H](C)[C@H]2OC(=O)C(C)[C@@H](O[C@H]3C[C@@H](C)N(C)C[C@H](C)O3)[C@H](C)[C@@H](C[C@@H]3O[C@H](C)C/C(=C\C#N)[C@H]3O)[C@@H](C)C[C@](C)(OC(=O)N3CCO[C@@H](C)C3)C(=O)[C@H](C)[C@H](OC(=O)CC(C)C)[C@H]2C)[C@@H]1OC. The van der Waals surface area contributed by atoms with Crippen LogP contribution in [0.25, 0.3) is 0 Å². The van der Waals surface area contributed by atoms with Crippen LogP contribution in [0.4, 0.5) is 4.79 Å². The molecule has 5 rings (SSSR count). The van der Waals surface area contributed by atoms with Gasteiger partial charge in [0.15, 0.2) is 24.0 Å². The topological polar surface area (TPSA) is 241 Å². The number of aliphatic hydroxyl groups is 2. The summed E-state index contributed by atoms with van der Waals surface area (Å²) in [6, 6.07) is 2.12. The zero-order chi connectivity index (χ0) is 58.1. The maximum absolute atomic E-state index is 15.9. The van der Waals surface area contributed by atoms with Crippen molar-refractivity contribution in [1.82, 2.24) is 9.80 Å². The minimum absolute atomic E-state index is 0.0265. The van der Waals surface area contributed by atoms with Crippen molar-refractivity contribution >= 4 is 23.8 Å². The molecule has 0 aliphatic carbocycles. The molecule has 5 aliphatic rings. The van der Waals surface area contributed by atoms with Gasteiger partial charge in [0.05, 0.1) is 74.3 Å². The average Bonchev–Trinajstić information content (AvgIpc) is 3.56. The number of nitriles is 1. The smallest absolute Gasteiger partial charge is 0.410 e. The number of ether oxygens (including phenoxy) is 11. The Bertz CT molecular complexity index is 2040. The van der Waals surface area contributed by atoms with Gasteiger partial charge in [0.25, 0.3) is 0 Å². The normalized spacial score (nSPS) is 42.0. The molecule has 0 spiro atoms. The highest BCUT2D eigenvalue weighted by Crippen LogP contribution is 2.44. The third-order valence-corrected chi connectivity index (χ3v) is 17.2. The number of nitrogens with zero attached hydrogens (tertiary/aromatic N) is 3. The second kappa shape index (κ2) is 29.1. The van der Waals surface area contributed by atoms with Gasteiger partial charge in [-0.15, -0.1) is 0 Å². The van der Waals surface area contributed by atoms with E-state index in [1.54, 1.807) is 34.6 Å². The van der Waals surface area contributed by atoms with Crippen molar-refractivity contribution in [2.45, 2.75) is 227 Å². The Morgan fingerprint density at radius 1 is 0.872 bits per heavy atom. The fourth-order valence-corrected chi connectivity index (χ4v) is 12.7. The maximum Gasteiger partial charge on any atom is 0.410 e. The number of likely N-dealkylation sites (N-methyl/N-ethyl adjacent to an activating group) is 1. The quantitative estimate of drug-likeness (QED) is 0.111. The van der Waals surface area contributed by atoms with E-state index in [1.165, 1.54) is 25.2 Å². The molecule has 5 aliphatic heterocycles. The van der Waals surface area contributed by atoms with Crippen LogP contribution in [0.2, 0.25) is 0 Å². The van der Waals surface area contributed by atoms with Crippen molar-refractivity contribution in [2.24, 2.45) is 47.3 Å². The molecule has 78 heavy (non-hydrogen) atoms. The van der Waals surface area contributed by atoms with Crippen LogP contribution in [-0.2, 0) is 66.5 Å². The molecule has 0 bridgehead atoms. The fraction of sp³-hybridized carbons (Fsp3) is 0.879. The van der Waals surface area contributed by atoms with Crippen molar-refractivity contribution < 1.29 is 81.5 Å². The van der Waals surface area contributed by atoms with Crippen LogP contribution >= 0.6 is 0 Å². The molecule has 5 heterocycles. The summed E-state index contributed by atoms with van der Waals surface area (Å²) in [6.45, 7) is 27.1. The van der Waals surface area contributed by atoms with E-state index in [4.69, 9.17) is 52.1 Å². The first-order valence-corrected chi connectivity index (χ1v) is 28.6. The van der Waals surface area contributed by atoms with Crippen LogP contribution < -0.4 is 0 Å². The molecule has 0 aromatic rings. The maximum atomic E-state index is 15.9. The van der Waals surface area contributed by atoms with Gasteiger partial charge >= 0.3 is 18.0 Å². The van der Waals surface area contributed by atoms with Crippen molar-refractivity contribution in [3.63, 3.8) is 0 Å². The molecule has 1 amide bonds. The average molecular weight is 1110 g/mol. The number of hydrogen-bond acceptors (Lipinski definition) is 19. The largest absolute Gasteiger partial charge is 0.461 e. The van der Waals surface area contributed by atoms with Crippen LogP contribution in [-0.4, -0.2) is 195 Å². The summed E-state index contributed by atoms with van der Waals surface area (Å²) < 4.78 is 69.8. The number of carbonyl (C=O) groups excluding carboxylic acids is 4. The highest BCUT2D eigenvalue weighted by molar-refractivity contribution is 5.91. The fourth-order valence-electron chi connectivity index (χ4n) is 12.7. The van der Waals surface area contributed by atoms with E-state index in [0.717, 1.165) is 0 Å². The number of hydrogen-bond donors (Lipinski definition) is 2. The first-order chi connectivity index (χ1) is 36.6. The van der Waals surface area contributed by atoms with Gasteiger partial charge in [0.1, 0.15) is 36.6 Å². The summed E-state index contributed by atoms with van der Waals surface area (Å²) in [5, 5.41) is 32.6. The van der Waals surface area contributed by atoms with Gasteiger partial charge in [-0.05, 0) is 104 Å². The number of esters is 2. The monoisotopic (exact) mass is 1110 g/mol. The van der Waals surface area contributed by atoms with Crippen molar-refractivity contribution in [2.75, 3.05) is 54.1 Å². The van der Waals surface area contributed by atoms with E-state index in [0.29, 0.717) is 25.0 Å². The van der Waals surface area contributed by atoms with Crippen molar-refractivity contribution in [3.8, 4) is 6.07 Å². The van der Waals surface area contributed by atoms with Crippen molar-refractivity contribution in [1.29, 1.82) is 5.26 Å². The highest BCUT2D eigenvalue weighted by Gasteiger charge is 2.53. The molecule has 23 atom stereocenters. The lowest BCUT2D eigenvalue weighted by Gasteiger charge is -2.45. The molecule has 0 radical (unpaired) electrons. The third kappa shape index (κ3) is 16.4. The minimum Gasteiger partial charge on any atom is -0.461 e. The zero-order valence-electron chi connectivity index (χ0n) is 49.8. The summed E-state index contributed by atoms with van der Waals surface area (Å²) in [7, 11) is 4.96. The third-order valence-electron chi connectivity index (χ3n) is 17.2. The number of methoxy groups -OCH3 is 2. The predicted octanol–water partition coefficient (Wildman–Crippen LogP) is 6.25. The van der Waals surface area contributed by atoms with E-state index in [2.05, 4.69) is 17.9 Å². The molecule has 5 saturated heterocycles. The minimum atomic E-state index is -1.86. The Labute approximate surface area is 464 Å². The standard InChI is InChI=1S/C58H97N3O17/c1-30(2)22-45(62)75-51-38(10)49(32(4)29-71-56-53(69-17)52(68-16)47(63)41(13)74-56)77-55(66)40(12)50(76-46-23-33(5)60(15)27-36(8)73-46)37(9)43(25-44-48(64)42(18-19-59)24-34(6)72-44)31(3)26-58(14,54(65)39(51)11)78-57(67)61-20-21-70-35(7)28-61/h18,30-41,43-44,46-53,56,63-64H,20-29H2,1-17H3/b42-18+/t31-,32-,33+,34+,35-,36-,37+,38-,39+,40?,41+,43-,44-,46-,47+,48+,49+,50-,51+,52+,53+,56?,58-/m0/s1. The van der Waals surface area contributed by atoms with Crippen LogP contribution in [0.3, 0.4) is 0 Å². The van der Waals surface area contributed by atoms with Gasteiger partial charge in [-0.25, -0.2) is 4.79 Å². The molecule has 5 fully saturated rings. The van der Waals surface area contributed by atoms with E-state index in [-0.39, 0.29) is 75.8 Å². The number of Topliss-reactive ketones (excluding diaryl/α,β-unsaturated/α-hetero) is 1. The number of ketones is 1. The lowest BCUT2D eigenvalue weighted by molar-refractivity contribution is -0.305. The first-order valence-electron chi connectivity index (χ1n) is 28.6. The molecule has 0 aromatic heterocycles. The van der Waals surface area contributed by atoms with Crippen LogP contribution in [0.1, 0.15) is 129 Å². The molecule has 20 nitrogen and oxygen atoms in total. The molecular formula is C58H97N3O17. The molecule has 2 unspecified atom stereocenters. The Morgan fingerprint density at radius 2 is 1.55 bits per heavy atom. The lowest BCUT2D eigenvalue weighted by Crippen LogP contribution is -2.59. The first kappa shape index (κ1) is 65.5. The van der Waals surface area contributed by atoms with Gasteiger partial charge in [-0.2, -0.15) is 5.26 Å². The molecule has 0 aromatic carbocycles. The van der Waals surface area contributed by atoms with E-state index < -0.39 is 138 Å². The zero-order valence-corrected chi connectivity index (χ0v) is 49.8. The van der Waals surface area contributed by atoms with Gasteiger partial charge in [0, 0.05) is 64.1 Å². The highest BCUT2D eigenvalue weighted by atomic mass is 16.7. The number of amides is 1. The number of allylic oxidation sites excluding steroid dienone is 1. The summed E-state index contributed by atoms with van der Waals surface area (Å²) in [5.41, 5.74) is -1.33. The van der Waals surface area contributed by atoms with E-state index in [1.807, 2.05) is 62.4 Å². The van der Waals surface area contributed by atoms with Gasteiger partial charge in [-0.1, -0.05) is 48.5 Å². The summed E-state index contributed by atoms with van der Waals surface area (Å²) in [6.07, 6.45) is -9.58. The van der Waals surface area contributed by atoms with Crippen LogP contribution in [0.5, 0.6) is 0 Å². The van der Waals surface area contributed by atoms with Gasteiger partial charge < -0.3 is 72.1 Å². The van der Waals surface area contributed by atoms with E-state index in [9.17, 15) is 25.1 Å². The van der Waals surface area contributed by atoms with Crippen LogP contribution in [0.15, 0.2) is 11.6 Å². The number of morpholine rings is 1. The number of carbonyl (C=O) groups is 4. The predicted molar refractivity (Wildman–Crippen MR) is 286 cm³/mol.